The van der Waals surface area contributed by atoms with Gasteiger partial charge in [0.25, 0.3) is 0 Å². The molecular weight excluding hydrogens is 620 g/mol. The second kappa shape index (κ2) is 12.0. The van der Waals surface area contributed by atoms with Gasteiger partial charge >= 0.3 is 0 Å². The molecule has 0 fully saturated rings. The summed E-state index contributed by atoms with van der Waals surface area (Å²) >= 11 is 7.20. The van der Waals surface area contributed by atoms with Crippen LogP contribution in [0.15, 0.2) is 155 Å². The van der Waals surface area contributed by atoms with Crippen LogP contribution in [-0.2, 0) is 0 Å². The van der Waals surface area contributed by atoms with Crippen molar-refractivity contribution < 1.29 is 0 Å². The van der Waals surface area contributed by atoms with Crippen LogP contribution in [0.5, 0.6) is 0 Å². The minimum Gasteiger partial charge on any atom is -0.356 e. The van der Waals surface area contributed by atoms with Crippen LogP contribution in [0.1, 0.15) is 0 Å². The largest absolute Gasteiger partial charge is 0.356 e. The van der Waals surface area contributed by atoms with E-state index in [4.69, 9.17) is 0 Å². The van der Waals surface area contributed by atoms with E-state index in [1.165, 1.54) is 11.1 Å². The summed E-state index contributed by atoms with van der Waals surface area (Å²) in [4.78, 5) is 0. The Balaban J connectivity index is 1.50. The Bertz CT molecular complexity index is 1600. The zero-order valence-electron chi connectivity index (χ0n) is 21.6. The van der Waals surface area contributed by atoms with E-state index in [0.29, 0.717) is 0 Å². The van der Waals surface area contributed by atoms with Crippen molar-refractivity contribution in [2.45, 2.75) is 0 Å². The third kappa shape index (κ3) is 6.04. The molecule has 0 saturated heterocycles. The molecule has 0 radical (unpaired) electrons. The Morgan fingerprint density at radius 2 is 0.700 bits per heavy atom. The molecule has 0 aliphatic heterocycles. The van der Waals surface area contributed by atoms with Gasteiger partial charge < -0.3 is 10.6 Å². The lowest BCUT2D eigenvalue weighted by molar-refractivity contribution is 1.50. The van der Waals surface area contributed by atoms with Gasteiger partial charge in [-0.05, 0) is 106 Å². The normalized spacial score (nSPS) is 10.8. The molecule has 0 aliphatic rings. The van der Waals surface area contributed by atoms with Gasteiger partial charge in [0.15, 0.2) is 0 Å². The van der Waals surface area contributed by atoms with Crippen molar-refractivity contribution in [1.82, 2.24) is 0 Å². The van der Waals surface area contributed by atoms with Crippen molar-refractivity contribution >= 4 is 54.6 Å². The molecule has 0 aliphatic carbocycles. The maximum Gasteiger partial charge on any atom is 0.0390 e. The molecule has 2 nitrogen and oxygen atoms in total. The third-order valence-corrected chi connectivity index (χ3v) is 7.82. The summed E-state index contributed by atoms with van der Waals surface area (Å²) in [6.45, 7) is 0. The number of nitrogens with one attached hydrogen (secondary N) is 2. The molecule has 40 heavy (non-hydrogen) atoms. The van der Waals surface area contributed by atoms with Crippen LogP contribution >= 0.6 is 31.9 Å². The van der Waals surface area contributed by atoms with Crippen molar-refractivity contribution in [3.8, 4) is 33.4 Å². The van der Waals surface area contributed by atoms with E-state index in [1.807, 2.05) is 36.4 Å². The highest BCUT2D eigenvalue weighted by molar-refractivity contribution is 9.10. The van der Waals surface area contributed by atoms with Crippen LogP contribution < -0.4 is 10.6 Å². The highest BCUT2D eigenvalue weighted by atomic mass is 79.9. The quantitative estimate of drug-likeness (QED) is 0.180. The Labute approximate surface area is 252 Å². The molecule has 6 aromatic rings. The van der Waals surface area contributed by atoms with Gasteiger partial charge in [0, 0.05) is 31.7 Å². The zero-order chi connectivity index (χ0) is 27.3. The lowest BCUT2D eigenvalue weighted by atomic mass is 9.88. The predicted molar refractivity (Wildman–Crippen MR) is 178 cm³/mol. The summed E-state index contributed by atoms with van der Waals surface area (Å²) in [5, 5.41) is 7.14. The average Bonchev–Trinajstić information content (AvgIpc) is 2.99. The smallest absolute Gasteiger partial charge is 0.0390 e. The summed E-state index contributed by atoms with van der Waals surface area (Å²) in [6, 6.07) is 50.9. The molecule has 0 amide bonds. The Morgan fingerprint density at radius 1 is 0.325 bits per heavy atom. The molecular formula is C36H26Br2N2. The van der Waals surface area contributed by atoms with E-state index < -0.39 is 0 Å². The number of para-hydroxylation sites is 2. The van der Waals surface area contributed by atoms with Gasteiger partial charge in [-0.25, -0.2) is 0 Å². The summed E-state index contributed by atoms with van der Waals surface area (Å²) in [5.74, 6) is 0. The average molecular weight is 646 g/mol. The molecule has 0 unspecified atom stereocenters. The number of halogens is 2. The first-order valence-electron chi connectivity index (χ1n) is 13.1. The number of rotatable bonds is 7. The van der Waals surface area contributed by atoms with Gasteiger partial charge in [0.1, 0.15) is 0 Å². The molecule has 0 aromatic heterocycles. The Morgan fingerprint density at radius 3 is 1.07 bits per heavy atom. The van der Waals surface area contributed by atoms with Crippen molar-refractivity contribution in [1.29, 1.82) is 0 Å². The van der Waals surface area contributed by atoms with Crippen LogP contribution in [0.25, 0.3) is 33.4 Å². The van der Waals surface area contributed by atoms with Crippen molar-refractivity contribution in [3.63, 3.8) is 0 Å². The van der Waals surface area contributed by atoms with E-state index in [9.17, 15) is 0 Å². The standard InChI is InChI=1S/C36H26Br2N2/c37-27-15-11-25(12-16-27)35-23-31(39-29-7-3-1-4-8-29)19-21-33(35)34-22-20-32(40-30-9-5-2-6-10-30)24-36(34)26-13-17-28(38)18-14-26/h1-24,39-40H. The first kappa shape index (κ1) is 26.1. The highest BCUT2D eigenvalue weighted by Crippen LogP contribution is 2.41. The molecule has 2 N–H and O–H groups in total. The SMILES string of the molecule is Brc1ccc(-c2cc(Nc3ccccc3)ccc2-c2ccc(Nc3ccccc3)cc2-c2ccc(Br)cc2)cc1. The molecule has 194 valence electrons. The monoisotopic (exact) mass is 644 g/mol. The van der Waals surface area contributed by atoms with Crippen molar-refractivity contribution in [2.24, 2.45) is 0 Å². The van der Waals surface area contributed by atoms with Gasteiger partial charge in [-0.15, -0.1) is 0 Å². The van der Waals surface area contributed by atoms with Crippen LogP contribution in [-0.4, -0.2) is 0 Å². The van der Waals surface area contributed by atoms with E-state index in [0.717, 1.165) is 53.9 Å². The van der Waals surface area contributed by atoms with Gasteiger partial charge in [0.2, 0.25) is 0 Å². The fourth-order valence-electron chi connectivity index (χ4n) is 4.83. The fraction of sp³-hybridized carbons (Fsp3) is 0. The lowest BCUT2D eigenvalue weighted by Crippen LogP contribution is -1.95. The summed E-state index contributed by atoms with van der Waals surface area (Å²) in [7, 11) is 0. The number of anilines is 4. The van der Waals surface area contributed by atoms with Crippen molar-refractivity contribution in [3.05, 3.63) is 155 Å². The second-order valence-electron chi connectivity index (χ2n) is 9.52. The lowest BCUT2D eigenvalue weighted by Gasteiger charge is -2.18. The fourth-order valence-corrected chi connectivity index (χ4v) is 5.36. The number of hydrogen-bond acceptors (Lipinski definition) is 2. The van der Waals surface area contributed by atoms with Gasteiger partial charge in [-0.2, -0.15) is 0 Å². The first-order chi connectivity index (χ1) is 19.6. The van der Waals surface area contributed by atoms with Crippen LogP contribution in [0, 0.1) is 0 Å². The molecule has 0 heterocycles. The van der Waals surface area contributed by atoms with Crippen LogP contribution in [0.2, 0.25) is 0 Å². The summed E-state index contributed by atoms with van der Waals surface area (Å²) in [6.07, 6.45) is 0. The molecule has 6 rings (SSSR count). The second-order valence-corrected chi connectivity index (χ2v) is 11.3. The first-order valence-corrected chi connectivity index (χ1v) is 14.7. The maximum atomic E-state index is 3.60. The summed E-state index contributed by atoms with van der Waals surface area (Å²) < 4.78 is 2.12. The molecule has 4 heteroatoms. The van der Waals surface area contributed by atoms with E-state index in [-0.39, 0.29) is 0 Å². The Kier molecular flexibility index (Phi) is 7.80. The predicted octanol–water partition coefficient (Wildman–Crippen LogP) is 11.7. The minimum atomic E-state index is 1.04. The zero-order valence-corrected chi connectivity index (χ0v) is 24.8. The van der Waals surface area contributed by atoms with Gasteiger partial charge in [0.05, 0.1) is 0 Å². The van der Waals surface area contributed by atoms with Gasteiger partial charge in [-0.3, -0.25) is 0 Å². The van der Waals surface area contributed by atoms with Gasteiger partial charge in [-0.1, -0.05) is 105 Å². The molecule has 0 bridgehead atoms. The van der Waals surface area contributed by atoms with E-state index in [1.54, 1.807) is 0 Å². The minimum absolute atomic E-state index is 1.04. The van der Waals surface area contributed by atoms with Crippen LogP contribution in [0.4, 0.5) is 22.7 Å². The van der Waals surface area contributed by atoms with E-state index >= 15 is 0 Å². The molecule has 0 spiro atoms. The van der Waals surface area contributed by atoms with Crippen molar-refractivity contribution in [2.75, 3.05) is 10.6 Å². The topological polar surface area (TPSA) is 24.1 Å². The van der Waals surface area contributed by atoms with E-state index in [2.05, 4.69) is 152 Å². The Hall–Kier alpha value is -4.12. The highest BCUT2D eigenvalue weighted by Gasteiger charge is 2.15. The summed E-state index contributed by atoms with van der Waals surface area (Å²) in [5.41, 5.74) is 11.2. The number of hydrogen-bond donors (Lipinski definition) is 2. The number of benzene rings is 6. The maximum absolute atomic E-state index is 3.60. The van der Waals surface area contributed by atoms with Crippen LogP contribution in [0.3, 0.4) is 0 Å². The third-order valence-electron chi connectivity index (χ3n) is 6.76. The molecule has 6 aromatic carbocycles. The molecule has 0 saturated carbocycles. The molecule has 0 atom stereocenters.